The van der Waals surface area contributed by atoms with Gasteiger partial charge in [-0.25, -0.2) is 0 Å². The third-order valence-corrected chi connectivity index (χ3v) is 2.17. The summed E-state index contributed by atoms with van der Waals surface area (Å²) in [4.78, 5) is 22.6. The molecule has 100 valence electrons. The topological polar surface area (TPSA) is 76.7 Å². The highest BCUT2D eigenvalue weighted by Gasteiger charge is 2.14. The van der Waals surface area contributed by atoms with Gasteiger partial charge < -0.3 is 20.1 Å². The molecule has 0 aliphatic rings. The first-order valence-electron chi connectivity index (χ1n) is 5.62. The molecule has 0 saturated heterocycles. The van der Waals surface area contributed by atoms with Crippen LogP contribution < -0.4 is 10.6 Å². The first-order chi connectivity index (χ1) is 8.01. The summed E-state index contributed by atoms with van der Waals surface area (Å²) >= 11 is 0. The summed E-state index contributed by atoms with van der Waals surface area (Å²) in [5.74, 6) is -0.811. The van der Waals surface area contributed by atoms with Crippen molar-refractivity contribution >= 4 is 11.8 Å². The Labute approximate surface area is 102 Å². The van der Waals surface area contributed by atoms with Gasteiger partial charge in [-0.1, -0.05) is 13.8 Å². The molecule has 0 aliphatic heterocycles. The van der Waals surface area contributed by atoms with Crippen LogP contribution in [0, 0.1) is 5.92 Å². The van der Waals surface area contributed by atoms with Crippen molar-refractivity contribution in [1.29, 1.82) is 0 Å². The minimum absolute atomic E-state index is 0.142. The molecular weight excluding hydrogens is 224 g/mol. The van der Waals surface area contributed by atoms with Gasteiger partial charge in [0, 0.05) is 20.8 Å². The predicted molar refractivity (Wildman–Crippen MR) is 63.3 cm³/mol. The number of methoxy groups -OCH3 is 2. The molecule has 0 bridgehead atoms. The Hall–Kier alpha value is -1.14. The summed E-state index contributed by atoms with van der Waals surface area (Å²) in [6, 6.07) is 0. The van der Waals surface area contributed by atoms with Gasteiger partial charge in [-0.15, -0.1) is 0 Å². The van der Waals surface area contributed by atoms with Crippen molar-refractivity contribution < 1.29 is 19.1 Å². The largest absolute Gasteiger partial charge is 0.354 e. The van der Waals surface area contributed by atoms with Gasteiger partial charge in [0.1, 0.15) is 0 Å². The third-order valence-electron chi connectivity index (χ3n) is 2.17. The number of hydrogen-bond donors (Lipinski definition) is 2. The quantitative estimate of drug-likeness (QED) is 0.485. The predicted octanol–water partition coefficient (Wildman–Crippen LogP) is -0.116. The summed E-state index contributed by atoms with van der Waals surface area (Å²) in [5.41, 5.74) is 0. The van der Waals surface area contributed by atoms with Crippen molar-refractivity contribution in [3.05, 3.63) is 0 Å². The number of hydrogen-bond acceptors (Lipinski definition) is 4. The summed E-state index contributed by atoms with van der Waals surface area (Å²) < 4.78 is 9.75. The number of carbonyl (C=O) groups excluding carboxylic acids is 2. The van der Waals surface area contributed by atoms with Gasteiger partial charge in [0.2, 0.25) is 0 Å². The Morgan fingerprint density at radius 1 is 1.06 bits per heavy atom. The first-order valence-corrected chi connectivity index (χ1v) is 5.62. The summed E-state index contributed by atoms with van der Waals surface area (Å²) in [7, 11) is 2.92. The van der Waals surface area contributed by atoms with Crippen LogP contribution in [-0.4, -0.2) is 45.4 Å². The van der Waals surface area contributed by atoms with E-state index in [0.717, 1.165) is 6.42 Å². The van der Waals surface area contributed by atoms with Crippen molar-refractivity contribution in [3.63, 3.8) is 0 Å². The van der Waals surface area contributed by atoms with Crippen LogP contribution in [0.25, 0.3) is 0 Å². The zero-order valence-electron chi connectivity index (χ0n) is 10.9. The fourth-order valence-corrected chi connectivity index (χ4v) is 1.07. The highest BCUT2D eigenvalue weighted by Crippen LogP contribution is 1.96. The molecule has 2 amide bonds. The lowest BCUT2D eigenvalue weighted by atomic mass is 10.1. The van der Waals surface area contributed by atoms with Gasteiger partial charge in [0.05, 0.1) is 6.54 Å². The summed E-state index contributed by atoms with van der Waals surface area (Å²) in [5, 5.41) is 4.96. The van der Waals surface area contributed by atoms with Crippen molar-refractivity contribution in [3.8, 4) is 0 Å². The van der Waals surface area contributed by atoms with Gasteiger partial charge in [-0.05, 0) is 12.3 Å². The maximum absolute atomic E-state index is 11.3. The molecule has 0 saturated carbocycles. The monoisotopic (exact) mass is 246 g/mol. The van der Waals surface area contributed by atoms with Crippen LogP contribution in [0.15, 0.2) is 0 Å². The SMILES string of the molecule is COC(CNC(=O)C(=O)NCCC(C)C)OC. The van der Waals surface area contributed by atoms with E-state index >= 15 is 0 Å². The molecular formula is C11H22N2O4. The Balaban J connectivity index is 3.78. The number of nitrogens with one attached hydrogen (secondary N) is 2. The summed E-state index contributed by atoms with van der Waals surface area (Å²) in [6.07, 6.45) is 0.306. The van der Waals surface area contributed by atoms with E-state index in [1.165, 1.54) is 14.2 Å². The van der Waals surface area contributed by atoms with E-state index in [1.54, 1.807) is 0 Å². The number of rotatable bonds is 7. The van der Waals surface area contributed by atoms with E-state index < -0.39 is 18.1 Å². The van der Waals surface area contributed by atoms with Crippen molar-refractivity contribution in [2.45, 2.75) is 26.6 Å². The molecule has 17 heavy (non-hydrogen) atoms. The van der Waals surface area contributed by atoms with Crippen LogP contribution in [0.5, 0.6) is 0 Å². The molecule has 0 unspecified atom stereocenters. The molecule has 6 heteroatoms. The average molecular weight is 246 g/mol. The standard InChI is InChI=1S/C11H22N2O4/c1-8(2)5-6-12-10(14)11(15)13-7-9(16-3)17-4/h8-9H,5-7H2,1-4H3,(H,12,14)(H,13,15). The van der Waals surface area contributed by atoms with E-state index in [1.807, 2.05) is 13.8 Å². The third kappa shape index (κ3) is 7.70. The van der Waals surface area contributed by atoms with Gasteiger partial charge in [0.15, 0.2) is 6.29 Å². The molecule has 0 fully saturated rings. The molecule has 0 aromatic carbocycles. The van der Waals surface area contributed by atoms with Crippen LogP contribution in [0.1, 0.15) is 20.3 Å². The van der Waals surface area contributed by atoms with Gasteiger partial charge in [-0.3, -0.25) is 9.59 Å². The van der Waals surface area contributed by atoms with Gasteiger partial charge >= 0.3 is 11.8 Å². The van der Waals surface area contributed by atoms with Crippen LogP contribution in [0.4, 0.5) is 0 Å². The highest BCUT2D eigenvalue weighted by molar-refractivity contribution is 6.35. The Kier molecular flexibility index (Phi) is 8.35. The molecule has 0 spiro atoms. The Morgan fingerprint density at radius 2 is 1.59 bits per heavy atom. The fraction of sp³-hybridized carbons (Fsp3) is 0.818. The van der Waals surface area contributed by atoms with E-state index in [9.17, 15) is 9.59 Å². The van der Waals surface area contributed by atoms with E-state index in [2.05, 4.69) is 10.6 Å². The smallest absolute Gasteiger partial charge is 0.309 e. The van der Waals surface area contributed by atoms with E-state index in [4.69, 9.17) is 9.47 Å². The lowest BCUT2D eigenvalue weighted by Crippen LogP contribution is -2.43. The molecule has 0 aliphatic carbocycles. The highest BCUT2D eigenvalue weighted by atomic mass is 16.7. The second-order valence-electron chi connectivity index (χ2n) is 4.05. The summed E-state index contributed by atoms with van der Waals surface area (Å²) in [6.45, 7) is 4.74. The minimum Gasteiger partial charge on any atom is -0.354 e. The second kappa shape index (κ2) is 8.95. The molecule has 0 aromatic rings. The second-order valence-corrected chi connectivity index (χ2v) is 4.05. The Morgan fingerprint density at radius 3 is 2.06 bits per heavy atom. The Bertz CT molecular complexity index is 240. The lowest BCUT2D eigenvalue weighted by molar-refractivity contribution is -0.141. The van der Waals surface area contributed by atoms with Gasteiger partial charge in [-0.2, -0.15) is 0 Å². The van der Waals surface area contributed by atoms with Crippen LogP contribution in [-0.2, 0) is 19.1 Å². The average Bonchev–Trinajstić information content (AvgIpc) is 2.29. The maximum atomic E-state index is 11.3. The first kappa shape index (κ1) is 15.9. The molecule has 0 radical (unpaired) electrons. The zero-order valence-corrected chi connectivity index (χ0v) is 10.9. The molecule has 0 atom stereocenters. The zero-order chi connectivity index (χ0) is 13.3. The van der Waals surface area contributed by atoms with E-state index in [-0.39, 0.29) is 6.54 Å². The molecule has 0 rings (SSSR count). The lowest BCUT2D eigenvalue weighted by Gasteiger charge is -2.13. The van der Waals surface area contributed by atoms with Crippen LogP contribution in [0.2, 0.25) is 0 Å². The number of amides is 2. The molecule has 2 N–H and O–H groups in total. The van der Waals surface area contributed by atoms with Crippen molar-refractivity contribution in [2.24, 2.45) is 5.92 Å². The molecule has 0 heterocycles. The number of ether oxygens (including phenoxy) is 2. The van der Waals surface area contributed by atoms with Crippen LogP contribution >= 0.6 is 0 Å². The van der Waals surface area contributed by atoms with E-state index in [0.29, 0.717) is 12.5 Å². The van der Waals surface area contributed by atoms with Crippen molar-refractivity contribution in [1.82, 2.24) is 10.6 Å². The normalized spacial score (nSPS) is 10.7. The molecule has 6 nitrogen and oxygen atoms in total. The number of carbonyl (C=O) groups is 2. The van der Waals surface area contributed by atoms with Gasteiger partial charge in [0.25, 0.3) is 0 Å². The maximum Gasteiger partial charge on any atom is 0.309 e. The fourth-order valence-electron chi connectivity index (χ4n) is 1.07. The minimum atomic E-state index is -0.673. The van der Waals surface area contributed by atoms with Crippen molar-refractivity contribution in [2.75, 3.05) is 27.3 Å². The molecule has 0 aromatic heterocycles. The van der Waals surface area contributed by atoms with Crippen LogP contribution in [0.3, 0.4) is 0 Å².